The summed E-state index contributed by atoms with van der Waals surface area (Å²) >= 11 is 6.12. The summed E-state index contributed by atoms with van der Waals surface area (Å²) in [5.41, 5.74) is 2.77. The molecule has 0 saturated carbocycles. The molecule has 0 radical (unpaired) electrons. The van der Waals surface area contributed by atoms with E-state index in [1.807, 2.05) is 59.5 Å². The number of rotatable bonds is 11. The molecule has 5 nitrogen and oxygen atoms in total. The third-order valence-electron chi connectivity index (χ3n) is 6.05. The van der Waals surface area contributed by atoms with E-state index in [0.29, 0.717) is 24.4 Å². The van der Waals surface area contributed by atoms with Gasteiger partial charge in [-0.3, -0.25) is 9.59 Å². The van der Waals surface area contributed by atoms with Gasteiger partial charge >= 0.3 is 5.97 Å². The minimum atomic E-state index is -0.765. The topological polar surface area (TPSA) is 77.8 Å². The lowest BCUT2D eigenvalue weighted by atomic mass is 9.97. The maximum Gasteiger partial charge on any atom is 0.303 e. The van der Waals surface area contributed by atoms with Crippen molar-refractivity contribution in [2.75, 3.05) is 6.54 Å². The van der Waals surface area contributed by atoms with Crippen molar-refractivity contribution >= 4 is 23.5 Å². The smallest absolute Gasteiger partial charge is 0.303 e. The van der Waals surface area contributed by atoms with Gasteiger partial charge in [-0.2, -0.15) is 0 Å². The van der Waals surface area contributed by atoms with Crippen LogP contribution in [0.3, 0.4) is 0 Å². The van der Waals surface area contributed by atoms with Crippen molar-refractivity contribution in [3.8, 4) is 11.1 Å². The first-order valence-electron chi connectivity index (χ1n) is 11.7. The maximum atomic E-state index is 12.5. The van der Waals surface area contributed by atoms with Gasteiger partial charge in [0.2, 0.25) is 5.91 Å². The molecule has 2 N–H and O–H groups in total. The van der Waals surface area contributed by atoms with Crippen LogP contribution in [0, 0.1) is 0 Å². The van der Waals surface area contributed by atoms with Crippen LogP contribution in [0.1, 0.15) is 63.0 Å². The quantitative estimate of drug-likeness (QED) is 0.312. The summed E-state index contributed by atoms with van der Waals surface area (Å²) in [6.07, 6.45) is 8.77. The number of aliphatic hydroxyl groups excluding tert-OH is 1. The normalized spacial score (nSPS) is 17.5. The van der Waals surface area contributed by atoms with Gasteiger partial charge in [-0.1, -0.05) is 66.9 Å². The number of carboxylic acids is 1. The number of halogens is 1. The number of nitrogens with zero attached hydrogens (tertiary/aromatic N) is 1. The van der Waals surface area contributed by atoms with E-state index in [9.17, 15) is 14.7 Å². The predicted molar refractivity (Wildman–Crippen MR) is 131 cm³/mol. The van der Waals surface area contributed by atoms with Crippen molar-refractivity contribution in [1.82, 2.24) is 4.90 Å². The fraction of sp³-hybridized carbons (Fsp3) is 0.407. The summed E-state index contributed by atoms with van der Waals surface area (Å²) in [6.45, 7) is 0.668. The van der Waals surface area contributed by atoms with Gasteiger partial charge in [0.05, 0.1) is 12.1 Å². The van der Waals surface area contributed by atoms with Gasteiger partial charge in [-0.05, 0) is 60.6 Å². The lowest BCUT2D eigenvalue weighted by Gasteiger charge is -2.34. The first-order chi connectivity index (χ1) is 15.9. The summed E-state index contributed by atoms with van der Waals surface area (Å²) in [7, 11) is 0. The van der Waals surface area contributed by atoms with Crippen LogP contribution in [-0.2, 0) is 9.59 Å². The second-order valence-corrected chi connectivity index (χ2v) is 9.01. The summed E-state index contributed by atoms with van der Waals surface area (Å²) in [5.74, 6) is -0.609. The molecule has 2 aromatic rings. The van der Waals surface area contributed by atoms with Crippen molar-refractivity contribution in [2.45, 2.75) is 63.5 Å². The number of hydrogen-bond acceptors (Lipinski definition) is 3. The average molecular weight is 470 g/mol. The van der Waals surface area contributed by atoms with Crippen LogP contribution in [0.15, 0.2) is 60.7 Å². The van der Waals surface area contributed by atoms with Crippen LogP contribution in [0.2, 0.25) is 5.02 Å². The first-order valence-corrected chi connectivity index (χ1v) is 12.1. The van der Waals surface area contributed by atoms with Crippen LogP contribution < -0.4 is 0 Å². The molecule has 1 unspecified atom stereocenters. The molecular weight excluding hydrogens is 438 g/mol. The molecule has 1 aliphatic rings. The largest absolute Gasteiger partial charge is 0.481 e. The molecule has 1 amide bonds. The number of piperidine rings is 1. The number of aliphatic carboxylic acids is 1. The lowest BCUT2D eigenvalue weighted by Crippen LogP contribution is -2.43. The Kier molecular flexibility index (Phi) is 9.52. The SMILES string of the molecule is O=C(O)CCCCCCN1C(=O)CCC[C@@H]1C=CC(O)c1cccc(-c2cccc(Cl)c2)c1. The molecule has 1 aliphatic heterocycles. The number of carbonyl (C=O) groups excluding carboxylic acids is 1. The summed E-state index contributed by atoms with van der Waals surface area (Å²) in [4.78, 5) is 25.0. The minimum Gasteiger partial charge on any atom is -0.481 e. The van der Waals surface area contributed by atoms with E-state index >= 15 is 0 Å². The molecule has 176 valence electrons. The standard InChI is InChI=1S/C27H32ClNO4/c28-23-11-6-9-21(19-23)20-8-5-10-22(18-20)25(30)16-15-24-12-7-13-26(31)29(24)17-4-2-1-3-14-27(32)33/h5-6,8-11,15-16,18-19,24-25,30H,1-4,7,12-14,17H2,(H,32,33)/t24-,25?/m1/s1. The Hall–Kier alpha value is -2.63. The highest BCUT2D eigenvalue weighted by Gasteiger charge is 2.25. The number of amides is 1. The van der Waals surface area contributed by atoms with Crippen LogP contribution in [0.4, 0.5) is 0 Å². The van der Waals surface area contributed by atoms with Gasteiger partial charge in [0.15, 0.2) is 0 Å². The van der Waals surface area contributed by atoms with E-state index in [1.165, 1.54) is 0 Å². The number of carbonyl (C=O) groups is 2. The molecule has 0 aliphatic carbocycles. The Balaban J connectivity index is 1.60. The molecule has 0 spiro atoms. The predicted octanol–water partition coefficient (Wildman–Crippen LogP) is 6.01. The highest BCUT2D eigenvalue weighted by atomic mass is 35.5. The summed E-state index contributed by atoms with van der Waals surface area (Å²) < 4.78 is 0. The minimum absolute atomic E-state index is 0.0176. The van der Waals surface area contributed by atoms with Gasteiger partial charge in [0.1, 0.15) is 0 Å². The number of benzene rings is 2. The van der Waals surface area contributed by atoms with Gasteiger partial charge in [0, 0.05) is 24.4 Å². The molecule has 0 aromatic heterocycles. The number of likely N-dealkylation sites (tertiary alicyclic amines) is 1. The second-order valence-electron chi connectivity index (χ2n) is 8.57. The van der Waals surface area contributed by atoms with Crippen molar-refractivity contribution < 1.29 is 19.8 Å². The zero-order valence-electron chi connectivity index (χ0n) is 18.8. The molecular formula is C27H32ClNO4. The molecule has 1 heterocycles. The number of carboxylic acid groups (broad SMARTS) is 1. The summed E-state index contributed by atoms with van der Waals surface area (Å²) in [5, 5.41) is 20.2. The van der Waals surface area contributed by atoms with Gasteiger partial charge in [-0.15, -0.1) is 0 Å². The van der Waals surface area contributed by atoms with Gasteiger partial charge in [0.25, 0.3) is 0 Å². The molecule has 3 rings (SSSR count). The van der Waals surface area contributed by atoms with E-state index in [-0.39, 0.29) is 18.4 Å². The monoisotopic (exact) mass is 469 g/mol. The van der Waals surface area contributed by atoms with Crippen LogP contribution in [0.5, 0.6) is 0 Å². The Bertz CT molecular complexity index is 974. The third-order valence-corrected chi connectivity index (χ3v) is 6.29. The van der Waals surface area contributed by atoms with Crippen molar-refractivity contribution in [3.63, 3.8) is 0 Å². The van der Waals surface area contributed by atoms with Crippen LogP contribution >= 0.6 is 11.6 Å². The van der Waals surface area contributed by atoms with Crippen molar-refractivity contribution in [2.24, 2.45) is 0 Å². The highest BCUT2D eigenvalue weighted by molar-refractivity contribution is 6.30. The molecule has 1 saturated heterocycles. The van der Waals surface area contributed by atoms with Crippen molar-refractivity contribution in [3.05, 3.63) is 71.3 Å². The molecule has 1 fully saturated rings. The fourth-order valence-corrected chi connectivity index (χ4v) is 4.45. The molecule has 2 atom stereocenters. The Morgan fingerprint density at radius 2 is 1.82 bits per heavy atom. The number of unbranched alkanes of at least 4 members (excludes halogenated alkanes) is 3. The molecule has 33 heavy (non-hydrogen) atoms. The van der Waals surface area contributed by atoms with E-state index in [2.05, 4.69) is 0 Å². The number of aliphatic hydroxyl groups is 1. The summed E-state index contributed by atoms with van der Waals surface area (Å²) in [6, 6.07) is 15.4. The van der Waals surface area contributed by atoms with Gasteiger partial charge < -0.3 is 15.1 Å². The Labute approximate surface area is 200 Å². The lowest BCUT2D eigenvalue weighted by molar-refractivity contribution is -0.137. The third kappa shape index (κ3) is 7.72. The van der Waals surface area contributed by atoms with E-state index in [0.717, 1.165) is 48.8 Å². The molecule has 2 aromatic carbocycles. The molecule has 0 bridgehead atoms. The fourth-order valence-electron chi connectivity index (χ4n) is 4.26. The first kappa shape index (κ1) is 25.0. The Morgan fingerprint density at radius 1 is 1.09 bits per heavy atom. The second kappa shape index (κ2) is 12.6. The maximum absolute atomic E-state index is 12.5. The molecule has 6 heteroatoms. The van der Waals surface area contributed by atoms with Crippen LogP contribution in [-0.4, -0.2) is 39.6 Å². The van der Waals surface area contributed by atoms with E-state index in [1.54, 1.807) is 6.08 Å². The Morgan fingerprint density at radius 3 is 2.58 bits per heavy atom. The van der Waals surface area contributed by atoms with E-state index in [4.69, 9.17) is 16.7 Å². The van der Waals surface area contributed by atoms with Gasteiger partial charge in [-0.25, -0.2) is 0 Å². The zero-order valence-corrected chi connectivity index (χ0v) is 19.6. The zero-order chi connectivity index (χ0) is 23.6. The van der Waals surface area contributed by atoms with E-state index < -0.39 is 12.1 Å². The average Bonchev–Trinajstić information content (AvgIpc) is 2.80. The number of hydrogen-bond donors (Lipinski definition) is 2. The van der Waals surface area contributed by atoms with Crippen molar-refractivity contribution in [1.29, 1.82) is 0 Å². The van der Waals surface area contributed by atoms with Crippen LogP contribution in [0.25, 0.3) is 11.1 Å². The highest BCUT2D eigenvalue weighted by Crippen LogP contribution is 2.27.